The number of aliphatic hydroxyl groups is 1. The highest BCUT2D eigenvalue weighted by molar-refractivity contribution is 7.99. The summed E-state index contributed by atoms with van der Waals surface area (Å²) in [5, 5.41) is 12.5. The summed E-state index contributed by atoms with van der Waals surface area (Å²) in [6.07, 6.45) is 0.636. The first-order valence-electron chi connectivity index (χ1n) is 5.30. The van der Waals surface area contributed by atoms with E-state index >= 15 is 0 Å². The minimum absolute atomic E-state index is 0.188. The first-order chi connectivity index (χ1) is 7.26. The summed E-state index contributed by atoms with van der Waals surface area (Å²) in [6, 6.07) is 8.47. The van der Waals surface area contributed by atoms with Crippen LogP contribution >= 0.6 is 11.8 Å². The van der Waals surface area contributed by atoms with Crippen LogP contribution in [-0.2, 0) is 6.54 Å². The van der Waals surface area contributed by atoms with Gasteiger partial charge in [0.1, 0.15) is 0 Å². The molecular formula is C12H19NOS. The molecule has 0 aromatic heterocycles. The molecule has 3 heteroatoms. The van der Waals surface area contributed by atoms with Crippen molar-refractivity contribution in [3.8, 4) is 0 Å². The summed E-state index contributed by atoms with van der Waals surface area (Å²) in [7, 11) is 1.94. The molecule has 1 aromatic rings. The van der Waals surface area contributed by atoms with E-state index in [1.165, 1.54) is 10.5 Å². The van der Waals surface area contributed by atoms with Gasteiger partial charge in [-0.15, -0.1) is 11.8 Å². The summed E-state index contributed by atoms with van der Waals surface area (Å²) in [5.41, 5.74) is 1.29. The molecule has 0 radical (unpaired) electrons. The van der Waals surface area contributed by atoms with Crippen LogP contribution in [0.3, 0.4) is 0 Å². The van der Waals surface area contributed by atoms with E-state index < -0.39 is 0 Å². The summed E-state index contributed by atoms with van der Waals surface area (Å²) in [5.74, 6) is 0.780. The zero-order valence-corrected chi connectivity index (χ0v) is 10.2. The van der Waals surface area contributed by atoms with Gasteiger partial charge >= 0.3 is 0 Å². The van der Waals surface area contributed by atoms with Crippen LogP contribution in [0.4, 0.5) is 0 Å². The zero-order valence-electron chi connectivity index (χ0n) is 9.36. The minimum atomic E-state index is -0.188. The van der Waals surface area contributed by atoms with Crippen molar-refractivity contribution in [2.75, 3.05) is 12.8 Å². The van der Waals surface area contributed by atoms with Gasteiger partial charge in [0.25, 0.3) is 0 Å². The molecule has 2 nitrogen and oxygen atoms in total. The second-order valence-corrected chi connectivity index (χ2v) is 4.64. The van der Waals surface area contributed by atoms with Crippen LogP contribution in [0.1, 0.15) is 18.9 Å². The first kappa shape index (κ1) is 12.6. The lowest BCUT2D eigenvalue weighted by Gasteiger charge is -2.07. The van der Waals surface area contributed by atoms with Crippen molar-refractivity contribution in [3.05, 3.63) is 29.8 Å². The molecule has 84 valence electrons. The predicted octanol–water partition coefficient (Wildman–Crippen LogP) is 2.27. The average molecular weight is 225 g/mol. The van der Waals surface area contributed by atoms with Gasteiger partial charge < -0.3 is 10.4 Å². The Bertz CT molecular complexity index is 273. The van der Waals surface area contributed by atoms with Crippen LogP contribution in [0.2, 0.25) is 0 Å². The van der Waals surface area contributed by atoms with E-state index in [-0.39, 0.29) is 6.10 Å². The Kier molecular flexibility index (Phi) is 5.76. The molecule has 1 unspecified atom stereocenters. The molecule has 2 N–H and O–H groups in total. The lowest BCUT2D eigenvalue weighted by molar-refractivity contribution is 0.195. The van der Waals surface area contributed by atoms with Gasteiger partial charge in [0.05, 0.1) is 6.10 Å². The molecule has 0 bridgehead atoms. The molecule has 0 saturated heterocycles. The monoisotopic (exact) mass is 225 g/mol. The van der Waals surface area contributed by atoms with E-state index in [0.29, 0.717) is 0 Å². The minimum Gasteiger partial charge on any atom is -0.392 e. The third-order valence-electron chi connectivity index (χ3n) is 2.22. The predicted molar refractivity (Wildman–Crippen MR) is 66.2 cm³/mol. The van der Waals surface area contributed by atoms with E-state index in [4.69, 9.17) is 0 Å². The lowest BCUT2D eigenvalue weighted by atomic mass is 10.2. The van der Waals surface area contributed by atoms with Crippen LogP contribution in [0.25, 0.3) is 0 Å². The normalized spacial score (nSPS) is 12.7. The number of rotatable bonds is 6. The van der Waals surface area contributed by atoms with E-state index in [1.54, 1.807) is 11.8 Å². The van der Waals surface area contributed by atoms with Crippen LogP contribution in [0, 0.1) is 0 Å². The van der Waals surface area contributed by atoms with Crippen molar-refractivity contribution in [2.45, 2.75) is 30.9 Å². The molecule has 0 spiro atoms. The van der Waals surface area contributed by atoms with Gasteiger partial charge in [0.2, 0.25) is 0 Å². The summed E-state index contributed by atoms with van der Waals surface area (Å²) >= 11 is 1.71. The van der Waals surface area contributed by atoms with Gasteiger partial charge in [-0.3, -0.25) is 0 Å². The van der Waals surface area contributed by atoms with Crippen LogP contribution in [-0.4, -0.2) is 24.0 Å². The Morgan fingerprint density at radius 1 is 1.33 bits per heavy atom. The number of nitrogens with one attached hydrogen (secondary N) is 1. The first-order valence-corrected chi connectivity index (χ1v) is 6.29. The molecule has 1 rings (SSSR count). The Hall–Kier alpha value is -0.510. The van der Waals surface area contributed by atoms with Crippen LogP contribution in [0.5, 0.6) is 0 Å². The number of aliphatic hydroxyl groups excluding tert-OH is 1. The van der Waals surface area contributed by atoms with Crippen LogP contribution in [0.15, 0.2) is 29.2 Å². The van der Waals surface area contributed by atoms with Gasteiger partial charge in [-0.05, 0) is 31.2 Å². The summed E-state index contributed by atoms with van der Waals surface area (Å²) < 4.78 is 0. The highest BCUT2D eigenvalue weighted by Crippen LogP contribution is 2.19. The van der Waals surface area contributed by atoms with Crippen molar-refractivity contribution in [3.63, 3.8) is 0 Å². The third kappa shape index (κ3) is 4.69. The Labute approximate surface area is 96.1 Å². The van der Waals surface area contributed by atoms with Crippen molar-refractivity contribution in [2.24, 2.45) is 0 Å². The molecular weight excluding hydrogens is 206 g/mol. The van der Waals surface area contributed by atoms with Gasteiger partial charge in [-0.1, -0.05) is 19.1 Å². The number of thioether (sulfide) groups is 1. The zero-order chi connectivity index (χ0) is 11.1. The molecule has 1 atom stereocenters. The molecule has 0 aliphatic heterocycles. The molecule has 0 aliphatic carbocycles. The number of hydrogen-bond acceptors (Lipinski definition) is 3. The highest BCUT2D eigenvalue weighted by atomic mass is 32.2. The third-order valence-corrected chi connectivity index (χ3v) is 3.37. The SMILES string of the molecule is CCC(O)CSc1ccc(CNC)cc1. The second kappa shape index (κ2) is 6.88. The maximum atomic E-state index is 9.43. The largest absolute Gasteiger partial charge is 0.392 e. The molecule has 0 amide bonds. The van der Waals surface area contributed by atoms with Gasteiger partial charge in [-0.2, -0.15) is 0 Å². The molecule has 0 fully saturated rings. The van der Waals surface area contributed by atoms with Gasteiger partial charge in [0, 0.05) is 17.2 Å². The fourth-order valence-electron chi connectivity index (χ4n) is 1.22. The lowest BCUT2D eigenvalue weighted by Crippen LogP contribution is -2.07. The molecule has 0 heterocycles. The van der Waals surface area contributed by atoms with E-state index in [0.717, 1.165) is 18.7 Å². The Morgan fingerprint density at radius 3 is 2.53 bits per heavy atom. The fourth-order valence-corrected chi connectivity index (χ4v) is 2.17. The van der Waals surface area contributed by atoms with E-state index in [1.807, 2.05) is 14.0 Å². The standard InChI is InChI=1S/C12H19NOS/c1-3-11(14)9-15-12-6-4-10(5-7-12)8-13-2/h4-7,11,13-14H,3,8-9H2,1-2H3. The maximum absolute atomic E-state index is 9.43. The summed E-state index contributed by atoms with van der Waals surface area (Å²) in [6.45, 7) is 2.91. The summed E-state index contributed by atoms with van der Waals surface area (Å²) in [4.78, 5) is 1.22. The fraction of sp³-hybridized carbons (Fsp3) is 0.500. The Balaban J connectivity index is 2.42. The van der Waals surface area contributed by atoms with Crippen molar-refractivity contribution in [1.82, 2.24) is 5.32 Å². The van der Waals surface area contributed by atoms with Crippen LogP contribution < -0.4 is 5.32 Å². The average Bonchev–Trinajstić information content (AvgIpc) is 2.28. The molecule has 0 saturated carbocycles. The van der Waals surface area contributed by atoms with Gasteiger partial charge in [0.15, 0.2) is 0 Å². The molecule has 0 aliphatic rings. The molecule has 15 heavy (non-hydrogen) atoms. The van der Waals surface area contributed by atoms with Crippen molar-refractivity contribution >= 4 is 11.8 Å². The van der Waals surface area contributed by atoms with Crippen molar-refractivity contribution < 1.29 is 5.11 Å². The topological polar surface area (TPSA) is 32.3 Å². The van der Waals surface area contributed by atoms with E-state index in [2.05, 4.69) is 29.6 Å². The highest BCUT2D eigenvalue weighted by Gasteiger charge is 2.01. The quantitative estimate of drug-likeness (QED) is 0.728. The van der Waals surface area contributed by atoms with E-state index in [9.17, 15) is 5.11 Å². The smallest absolute Gasteiger partial charge is 0.0631 e. The maximum Gasteiger partial charge on any atom is 0.0631 e. The number of hydrogen-bond donors (Lipinski definition) is 2. The molecule has 1 aromatic carbocycles. The van der Waals surface area contributed by atoms with Gasteiger partial charge in [-0.25, -0.2) is 0 Å². The van der Waals surface area contributed by atoms with Crippen molar-refractivity contribution in [1.29, 1.82) is 0 Å². The Morgan fingerprint density at radius 2 is 2.00 bits per heavy atom. The second-order valence-electron chi connectivity index (χ2n) is 3.55. The number of benzene rings is 1.